The first kappa shape index (κ1) is 21.8. The van der Waals surface area contributed by atoms with Gasteiger partial charge in [0.05, 0.1) is 18.0 Å². The number of hydrogen-bond acceptors (Lipinski definition) is 4. The summed E-state index contributed by atoms with van der Waals surface area (Å²) >= 11 is 6.10. The number of hydrogen-bond donors (Lipinski definition) is 0. The molecule has 31 heavy (non-hydrogen) atoms. The number of nitrogens with zero attached hydrogens (tertiary/aromatic N) is 2. The van der Waals surface area contributed by atoms with Crippen LogP contribution in [0.5, 0.6) is 5.75 Å². The SMILES string of the molecule is COc1cccc(S(=O)(=O)N2CCN([C@H](c3ccccc3)c3ccc(Cl)cc3)CC2)c1. The molecule has 0 amide bonds. The van der Waals surface area contributed by atoms with E-state index in [0.717, 1.165) is 5.56 Å². The van der Waals surface area contributed by atoms with Gasteiger partial charge < -0.3 is 4.74 Å². The first-order chi connectivity index (χ1) is 15.0. The Bertz CT molecular complexity index is 1110. The van der Waals surface area contributed by atoms with E-state index in [2.05, 4.69) is 17.0 Å². The van der Waals surface area contributed by atoms with Crippen LogP contribution in [0.3, 0.4) is 0 Å². The predicted molar refractivity (Wildman–Crippen MR) is 123 cm³/mol. The second-order valence-corrected chi connectivity index (χ2v) is 9.86. The molecular weight excluding hydrogens is 432 g/mol. The van der Waals surface area contributed by atoms with Crippen LogP contribution in [0.4, 0.5) is 0 Å². The highest BCUT2D eigenvalue weighted by Crippen LogP contribution is 2.31. The molecule has 0 bridgehead atoms. The lowest BCUT2D eigenvalue weighted by molar-refractivity contribution is 0.156. The van der Waals surface area contributed by atoms with Gasteiger partial charge in [0.1, 0.15) is 5.75 Å². The molecule has 7 heteroatoms. The third kappa shape index (κ3) is 4.77. The Labute approximate surface area is 188 Å². The fraction of sp³-hybridized carbons (Fsp3) is 0.250. The number of halogens is 1. The van der Waals surface area contributed by atoms with Crippen LogP contribution in [0, 0.1) is 0 Å². The Balaban J connectivity index is 1.56. The lowest BCUT2D eigenvalue weighted by Crippen LogP contribution is -2.49. The maximum absolute atomic E-state index is 13.1. The summed E-state index contributed by atoms with van der Waals surface area (Å²) in [4.78, 5) is 2.59. The monoisotopic (exact) mass is 456 g/mol. The van der Waals surface area contributed by atoms with E-state index < -0.39 is 10.0 Å². The van der Waals surface area contributed by atoms with E-state index in [-0.39, 0.29) is 10.9 Å². The second-order valence-electron chi connectivity index (χ2n) is 7.48. The van der Waals surface area contributed by atoms with Crippen LogP contribution in [-0.4, -0.2) is 50.9 Å². The minimum absolute atomic E-state index is 0.0418. The number of benzene rings is 3. The molecule has 5 nitrogen and oxygen atoms in total. The summed E-state index contributed by atoms with van der Waals surface area (Å²) in [6.07, 6.45) is 0. The van der Waals surface area contributed by atoms with Crippen molar-refractivity contribution in [2.45, 2.75) is 10.9 Å². The van der Waals surface area contributed by atoms with Gasteiger partial charge in [0, 0.05) is 37.3 Å². The first-order valence-corrected chi connectivity index (χ1v) is 12.0. The molecule has 3 aromatic rings. The molecule has 0 N–H and O–H groups in total. The number of sulfonamides is 1. The zero-order chi connectivity index (χ0) is 21.8. The van der Waals surface area contributed by atoms with E-state index in [1.807, 2.05) is 42.5 Å². The highest BCUT2D eigenvalue weighted by molar-refractivity contribution is 7.89. The van der Waals surface area contributed by atoms with Gasteiger partial charge in [-0.2, -0.15) is 4.31 Å². The normalized spacial score (nSPS) is 16.7. The van der Waals surface area contributed by atoms with Crippen molar-refractivity contribution in [2.75, 3.05) is 33.3 Å². The van der Waals surface area contributed by atoms with Crippen molar-refractivity contribution in [3.05, 3.63) is 95.0 Å². The minimum atomic E-state index is -3.57. The van der Waals surface area contributed by atoms with Gasteiger partial charge in [0.2, 0.25) is 10.0 Å². The maximum atomic E-state index is 13.1. The summed E-state index contributed by atoms with van der Waals surface area (Å²) in [7, 11) is -2.04. The maximum Gasteiger partial charge on any atom is 0.243 e. The van der Waals surface area contributed by atoms with E-state index in [4.69, 9.17) is 16.3 Å². The summed E-state index contributed by atoms with van der Waals surface area (Å²) in [5, 5.41) is 0.699. The molecule has 3 aromatic carbocycles. The molecule has 0 radical (unpaired) electrons. The van der Waals surface area contributed by atoms with E-state index >= 15 is 0 Å². The fourth-order valence-electron chi connectivity index (χ4n) is 4.01. The molecule has 4 rings (SSSR count). The number of piperazine rings is 1. The summed E-state index contributed by atoms with van der Waals surface area (Å²) in [6.45, 7) is 2.11. The summed E-state index contributed by atoms with van der Waals surface area (Å²) in [5.74, 6) is 0.534. The molecule has 0 saturated carbocycles. The summed E-state index contributed by atoms with van der Waals surface area (Å²) in [6, 6.07) is 24.8. The van der Waals surface area contributed by atoms with Crippen LogP contribution in [0.25, 0.3) is 0 Å². The van der Waals surface area contributed by atoms with Crippen molar-refractivity contribution in [2.24, 2.45) is 0 Å². The molecule has 1 heterocycles. The zero-order valence-electron chi connectivity index (χ0n) is 17.3. The topological polar surface area (TPSA) is 49.9 Å². The zero-order valence-corrected chi connectivity index (χ0v) is 18.9. The predicted octanol–water partition coefficient (Wildman–Crippen LogP) is 4.44. The van der Waals surface area contributed by atoms with Gasteiger partial charge in [-0.25, -0.2) is 8.42 Å². The number of rotatable bonds is 6. The Hall–Kier alpha value is -2.38. The molecule has 1 aliphatic heterocycles. The highest BCUT2D eigenvalue weighted by atomic mass is 35.5. The minimum Gasteiger partial charge on any atom is -0.497 e. The van der Waals surface area contributed by atoms with Crippen LogP contribution in [0.1, 0.15) is 17.2 Å². The van der Waals surface area contributed by atoms with Crippen molar-refractivity contribution >= 4 is 21.6 Å². The lowest BCUT2D eigenvalue weighted by Gasteiger charge is -2.39. The molecule has 0 aliphatic carbocycles. The average Bonchev–Trinajstić information content (AvgIpc) is 2.81. The molecular formula is C24H25ClN2O3S. The van der Waals surface area contributed by atoms with Gasteiger partial charge >= 0.3 is 0 Å². The third-order valence-electron chi connectivity index (χ3n) is 5.62. The smallest absolute Gasteiger partial charge is 0.243 e. The largest absolute Gasteiger partial charge is 0.497 e. The molecule has 1 fully saturated rings. The van der Waals surface area contributed by atoms with Gasteiger partial charge in [0.15, 0.2) is 0 Å². The van der Waals surface area contributed by atoms with E-state index in [1.54, 1.807) is 28.6 Å². The average molecular weight is 457 g/mol. The molecule has 1 saturated heterocycles. The van der Waals surface area contributed by atoms with Gasteiger partial charge in [-0.05, 0) is 35.4 Å². The number of ether oxygens (including phenoxy) is 1. The Morgan fingerprint density at radius 3 is 2.13 bits per heavy atom. The van der Waals surface area contributed by atoms with E-state index in [0.29, 0.717) is 37.0 Å². The first-order valence-electron chi connectivity index (χ1n) is 10.2. The molecule has 0 unspecified atom stereocenters. The summed E-state index contributed by atoms with van der Waals surface area (Å²) < 4.78 is 33.0. The quantitative estimate of drug-likeness (QED) is 0.550. The molecule has 0 aromatic heterocycles. The van der Waals surface area contributed by atoms with E-state index in [1.165, 1.54) is 12.7 Å². The Morgan fingerprint density at radius 1 is 0.839 bits per heavy atom. The van der Waals surface area contributed by atoms with Gasteiger partial charge in [0.25, 0.3) is 0 Å². The molecule has 0 spiro atoms. The molecule has 1 aliphatic rings. The Kier molecular flexibility index (Phi) is 6.62. The van der Waals surface area contributed by atoms with Gasteiger partial charge in [-0.1, -0.05) is 60.1 Å². The third-order valence-corrected chi connectivity index (χ3v) is 7.77. The van der Waals surface area contributed by atoms with Gasteiger partial charge in [-0.15, -0.1) is 0 Å². The standard InChI is InChI=1S/C24H25ClN2O3S/c1-30-22-8-5-9-23(18-22)31(28,29)27-16-14-26(15-17-27)24(19-6-3-2-4-7-19)20-10-12-21(25)13-11-20/h2-13,18,24H,14-17H2,1H3/t24-/m1/s1. The van der Waals surface area contributed by atoms with Crippen molar-refractivity contribution in [3.8, 4) is 5.75 Å². The van der Waals surface area contributed by atoms with Crippen LogP contribution >= 0.6 is 11.6 Å². The van der Waals surface area contributed by atoms with Crippen molar-refractivity contribution in [3.63, 3.8) is 0 Å². The highest BCUT2D eigenvalue weighted by Gasteiger charge is 2.32. The van der Waals surface area contributed by atoms with E-state index in [9.17, 15) is 8.42 Å². The van der Waals surface area contributed by atoms with Crippen molar-refractivity contribution in [1.29, 1.82) is 0 Å². The summed E-state index contributed by atoms with van der Waals surface area (Å²) in [5.41, 5.74) is 2.31. The molecule has 1 atom stereocenters. The van der Waals surface area contributed by atoms with Crippen LogP contribution < -0.4 is 4.74 Å². The van der Waals surface area contributed by atoms with Crippen molar-refractivity contribution in [1.82, 2.24) is 9.21 Å². The van der Waals surface area contributed by atoms with Crippen molar-refractivity contribution < 1.29 is 13.2 Å². The molecule has 162 valence electrons. The fourth-order valence-corrected chi connectivity index (χ4v) is 5.59. The van der Waals surface area contributed by atoms with Crippen LogP contribution in [-0.2, 0) is 10.0 Å². The van der Waals surface area contributed by atoms with Gasteiger partial charge in [-0.3, -0.25) is 4.90 Å². The van der Waals surface area contributed by atoms with Crippen LogP contribution in [0.15, 0.2) is 83.8 Å². The second kappa shape index (κ2) is 9.40. The Morgan fingerprint density at radius 2 is 1.48 bits per heavy atom. The lowest BCUT2D eigenvalue weighted by atomic mass is 9.96. The van der Waals surface area contributed by atoms with Crippen LogP contribution in [0.2, 0.25) is 5.02 Å². The number of methoxy groups -OCH3 is 1.